The number of nitrogens with one attached hydrogen (secondary N) is 1. The number of carbonyl (C=O) groups is 2. The van der Waals surface area contributed by atoms with Gasteiger partial charge in [-0.2, -0.15) is 0 Å². The highest BCUT2D eigenvalue weighted by Crippen LogP contribution is 2.42. The van der Waals surface area contributed by atoms with Crippen LogP contribution in [-0.2, 0) is 9.59 Å². The van der Waals surface area contributed by atoms with E-state index in [1.54, 1.807) is 11.9 Å². The largest absolute Gasteiger partial charge is 0.349 e. The van der Waals surface area contributed by atoms with E-state index in [9.17, 15) is 9.59 Å². The molecule has 7 heteroatoms. The minimum Gasteiger partial charge on any atom is -0.349 e. The van der Waals surface area contributed by atoms with Crippen LogP contribution in [-0.4, -0.2) is 63.4 Å². The molecule has 37 heavy (non-hydrogen) atoms. The van der Waals surface area contributed by atoms with Crippen LogP contribution in [0.2, 0.25) is 0 Å². The molecule has 5 rings (SSSR count). The van der Waals surface area contributed by atoms with E-state index in [4.69, 9.17) is 4.98 Å². The molecule has 2 amide bonds. The molecule has 1 N–H and O–H groups in total. The van der Waals surface area contributed by atoms with Crippen molar-refractivity contribution in [3.8, 4) is 0 Å². The number of carbonyl (C=O) groups excluding carboxylic acids is 2. The highest BCUT2D eigenvalue weighted by molar-refractivity contribution is 5.78. The molecule has 196 valence electrons. The SMILES string of the molecule is CC(=O)N(C)CCC(=O)N[C@@H](CCN1[C@@H]2CC[C@H]1CC(n1c(C)nc3ccccc31)C2)c1ccccc1. The number of aryl methyl sites for hydroxylation is 1. The van der Waals surface area contributed by atoms with E-state index in [1.807, 2.05) is 18.2 Å². The van der Waals surface area contributed by atoms with Crippen LogP contribution < -0.4 is 5.32 Å². The lowest BCUT2D eigenvalue weighted by atomic mass is 9.95. The highest BCUT2D eigenvalue weighted by Gasteiger charge is 2.41. The normalized spacial score (nSPS) is 22.2. The van der Waals surface area contributed by atoms with Crippen molar-refractivity contribution in [1.82, 2.24) is 24.7 Å². The number of benzene rings is 2. The molecule has 2 aliphatic heterocycles. The summed E-state index contributed by atoms with van der Waals surface area (Å²) in [7, 11) is 1.73. The zero-order chi connectivity index (χ0) is 25.9. The highest BCUT2D eigenvalue weighted by atomic mass is 16.2. The summed E-state index contributed by atoms with van der Waals surface area (Å²) in [6.45, 7) is 5.07. The number of hydrogen-bond acceptors (Lipinski definition) is 4. The standard InChI is InChI=1S/C30H39N5O2/c1-21-31-28-11-7-8-12-29(28)35(21)26-19-24-13-14-25(20-26)34(24)18-15-27(23-9-5-4-6-10-23)32-30(37)16-17-33(3)22(2)36/h4-12,24-27H,13-20H2,1-3H3,(H,32,37)/t24-,25+,26?,27-/m0/s1. The molecule has 7 nitrogen and oxygen atoms in total. The Morgan fingerprint density at radius 1 is 1.03 bits per heavy atom. The molecule has 3 heterocycles. The molecule has 0 radical (unpaired) electrons. The average Bonchev–Trinajstić information content (AvgIpc) is 3.35. The Morgan fingerprint density at radius 3 is 2.41 bits per heavy atom. The second-order valence-corrected chi connectivity index (χ2v) is 10.8. The lowest BCUT2D eigenvalue weighted by Crippen LogP contribution is -2.45. The van der Waals surface area contributed by atoms with Crippen molar-refractivity contribution in [1.29, 1.82) is 0 Å². The van der Waals surface area contributed by atoms with Gasteiger partial charge in [-0.05, 0) is 56.7 Å². The third-order valence-corrected chi connectivity index (χ3v) is 8.42. The maximum Gasteiger partial charge on any atom is 0.222 e. The first-order valence-corrected chi connectivity index (χ1v) is 13.7. The molecule has 2 aliphatic rings. The van der Waals surface area contributed by atoms with Gasteiger partial charge in [-0.1, -0.05) is 42.5 Å². The fourth-order valence-corrected chi connectivity index (χ4v) is 6.43. The summed E-state index contributed by atoms with van der Waals surface area (Å²) in [4.78, 5) is 33.4. The molecule has 2 aromatic carbocycles. The van der Waals surface area contributed by atoms with Gasteiger partial charge >= 0.3 is 0 Å². The van der Waals surface area contributed by atoms with E-state index in [1.165, 1.54) is 25.3 Å². The molecular weight excluding hydrogens is 462 g/mol. The Morgan fingerprint density at radius 2 is 1.70 bits per heavy atom. The Balaban J connectivity index is 1.24. The molecule has 1 unspecified atom stereocenters. The smallest absolute Gasteiger partial charge is 0.222 e. The van der Waals surface area contributed by atoms with Gasteiger partial charge in [0.15, 0.2) is 0 Å². The molecule has 2 fully saturated rings. The van der Waals surface area contributed by atoms with E-state index >= 15 is 0 Å². The van der Waals surface area contributed by atoms with E-state index in [-0.39, 0.29) is 17.9 Å². The predicted octanol–water partition coefficient (Wildman–Crippen LogP) is 4.63. The van der Waals surface area contributed by atoms with Gasteiger partial charge in [0, 0.05) is 51.6 Å². The molecule has 2 saturated heterocycles. The fraction of sp³-hybridized carbons (Fsp3) is 0.500. The second-order valence-electron chi connectivity index (χ2n) is 10.8. The summed E-state index contributed by atoms with van der Waals surface area (Å²) in [6.07, 6.45) is 5.98. The summed E-state index contributed by atoms with van der Waals surface area (Å²) >= 11 is 0. The van der Waals surface area contributed by atoms with Gasteiger partial charge in [-0.15, -0.1) is 0 Å². The van der Waals surface area contributed by atoms with Gasteiger partial charge < -0.3 is 14.8 Å². The van der Waals surface area contributed by atoms with Crippen LogP contribution >= 0.6 is 0 Å². The number of imidazole rings is 1. The third kappa shape index (κ3) is 5.57. The van der Waals surface area contributed by atoms with E-state index in [0.717, 1.165) is 42.7 Å². The molecule has 4 atom stereocenters. The number of aromatic nitrogens is 2. The van der Waals surface area contributed by atoms with Gasteiger partial charge in [-0.25, -0.2) is 4.98 Å². The topological polar surface area (TPSA) is 70.5 Å². The van der Waals surface area contributed by atoms with Crippen LogP contribution in [0.4, 0.5) is 0 Å². The monoisotopic (exact) mass is 501 g/mol. The van der Waals surface area contributed by atoms with Gasteiger partial charge in [0.25, 0.3) is 0 Å². The van der Waals surface area contributed by atoms with Gasteiger partial charge in [0.2, 0.25) is 11.8 Å². The van der Waals surface area contributed by atoms with Crippen molar-refractivity contribution >= 4 is 22.8 Å². The van der Waals surface area contributed by atoms with E-state index in [2.05, 4.69) is 58.1 Å². The molecule has 3 aromatic rings. The first-order chi connectivity index (χ1) is 17.9. The Hall–Kier alpha value is -3.19. The number of piperidine rings is 1. The molecule has 1 aromatic heterocycles. The van der Waals surface area contributed by atoms with Crippen molar-refractivity contribution in [2.24, 2.45) is 0 Å². The van der Waals surface area contributed by atoms with Crippen LogP contribution in [0.5, 0.6) is 0 Å². The minimum absolute atomic E-state index is 0.00825. The van der Waals surface area contributed by atoms with Gasteiger partial charge in [-0.3, -0.25) is 14.5 Å². The lowest BCUT2D eigenvalue weighted by Gasteiger charge is -2.40. The lowest BCUT2D eigenvalue weighted by molar-refractivity contribution is -0.128. The summed E-state index contributed by atoms with van der Waals surface area (Å²) in [5.74, 6) is 1.08. The number of fused-ring (bicyclic) bond motifs is 3. The molecule has 0 spiro atoms. The van der Waals surface area contributed by atoms with E-state index < -0.39 is 0 Å². The van der Waals surface area contributed by atoms with Crippen LogP contribution in [0.3, 0.4) is 0 Å². The molecule has 0 aliphatic carbocycles. The van der Waals surface area contributed by atoms with Gasteiger partial charge in [0.05, 0.1) is 17.1 Å². The van der Waals surface area contributed by atoms with Crippen LogP contribution in [0.15, 0.2) is 54.6 Å². The first kappa shape index (κ1) is 25.5. The van der Waals surface area contributed by atoms with E-state index in [0.29, 0.717) is 31.1 Å². The van der Waals surface area contributed by atoms with Crippen molar-refractivity contribution < 1.29 is 9.59 Å². The van der Waals surface area contributed by atoms with Crippen molar-refractivity contribution in [3.05, 3.63) is 66.0 Å². The van der Waals surface area contributed by atoms with Crippen molar-refractivity contribution in [3.63, 3.8) is 0 Å². The number of hydrogen-bond donors (Lipinski definition) is 1. The van der Waals surface area contributed by atoms with Crippen LogP contribution in [0.1, 0.15) is 68.9 Å². The average molecular weight is 502 g/mol. The zero-order valence-electron chi connectivity index (χ0n) is 22.3. The maximum absolute atomic E-state index is 12.8. The Bertz CT molecular complexity index is 1230. The third-order valence-electron chi connectivity index (χ3n) is 8.42. The van der Waals surface area contributed by atoms with Gasteiger partial charge in [0.1, 0.15) is 5.82 Å². The van der Waals surface area contributed by atoms with Crippen LogP contribution in [0.25, 0.3) is 11.0 Å². The zero-order valence-corrected chi connectivity index (χ0v) is 22.3. The predicted molar refractivity (Wildman–Crippen MR) is 146 cm³/mol. The summed E-state index contributed by atoms with van der Waals surface area (Å²) in [5.41, 5.74) is 3.48. The van der Waals surface area contributed by atoms with Crippen molar-refractivity contribution in [2.75, 3.05) is 20.1 Å². The Labute approximate surface area is 219 Å². The quantitative estimate of drug-likeness (QED) is 0.464. The number of amides is 2. The second kappa shape index (κ2) is 11.1. The number of para-hydroxylation sites is 2. The number of rotatable bonds is 9. The summed E-state index contributed by atoms with van der Waals surface area (Å²) < 4.78 is 2.48. The molecular formula is C30H39N5O2. The fourth-order valence-electron chi connectivity index (χ4n) is 6.43. The van der Waals surface area contributed by atoms with Crippen LogP contribution in [0, 0.1) is 6.92 Å². The maximum atomic E-state index is 12.8. The first-order valence-electron chi connectivity index (χ1n) is 13.7. The Kier molecular flexibility index (Phi) is 7.60. The molecule has 0 saturated carbocycles. The summed E-state index contributed by atoms with van der Waals surface area (Å²) in [6, 6.07) is 20.4. The molecule has 2 bridgehead atoms. The number of nitrogens with zero attached hydrogens (tertiary/aromatic N) is 4. The van der Waals surface area contributed by atoms with Crippen molar-refractivity contribution in [2.45, 2.75) is 76.5 Å². The summed E-state index contributed by atoms with van der Waals surface area (Å²) in [5, 5.41) is 3.26. The minimum atomic E-state index is -0.0340.